The summed E-state index contributed by atoms with van der Waals surface area (Å²) in [6.07, 6.45) is -3.41. The summed E-state index contributed by atoms with van der Waals surface area (Å²) < 4.78 is 38.6. The van der Waals surface area contributed by atoms with Gasteiger partial charge in [-0.1, -0.05) is 30.3 Å². The van der Waals surface area contributed by atoms with Crippen LogP contribution in [-0.4, -0.2) is 36.0 Å². The molecule has 1 saturated heterocycles. The number of hydrogen-bond donors (Lipinski definition) is 0. The molecule has 2 atom stereocenters. The van der Waals surface area contributed by atoms with E-state index in [1.165, 1.54) is 0 Å². The Morgan fingerprint density at radius 1 is 1.33 bits per heavy atom. The van der Waals surface area contributed by atoms with Crippen LogP contribution in [0.1, 0.15) is 25.3 Å². The van der Waals surface area contributed by atoms with Crippen LogP contribution in [0, 0.1) is 5.92 Å². The van der Waals surface area contributed by atoms with Crippen LogP contribution < -0.4 is 0 Å². The molecule has 0 bridgehead atoms. The molecular weight excluding hydrogens is 279 g/mol. The highest BCUT2D eigenvalue weighted by Gasteiger charge is 2.52. The second kappa shape index (κ2) is 5.79. The van der Waals surface area contributed by atoms with Crippen LogP contribution in [0.2, 0.25) is 0 Å². The lowest BCUT2D eigenvalue weighted by atomic mass is 9.72. The first-order chi connectivity index (χ1) is 9.75. The van der Waals surface area contributed by atoms with E-state index in [4.69, 9.17) is 0 Å². The Bertz CT molecular complexity index is 500. The van der Waals surface area contributed by atoms with Crippen molar-refractivity contribution in [2.24, 2.45) is 5.92 Å². The van der Waals surface area contributed by atoms with Gasteiger partial charge in [-0.15, -0.1) is 0 Å². The number of carbonyl (C=O) groups is 1. The minimum Gasteiger partial charge on any atom is -0.300 e. The highest BCUT2D eigenvalue weighted by molar-refractivity contribution is 5.87. The quantitative estimate of drug-likeness (QED) is 0.852. The summed E-state index contributed by atoms with van der Waals surface area (Å²) in [7, 11) is 1.80. The van der Waals surface area contributed by atoms with E-state index in [0.717, 1.165) is 5.56 Å². The van der Waals surface area contributed by atoms with Gasteiger partial charge in [0.15, 0.2) is 0 Å². The normalized spacial score (nSPS) is 27.6. The second-order valence-corrected chi connectivity index (χ2v) is 6.00. The SMILES string of the molecule is CN1CCCC(C(=O)C(F)(F)F)C1(C)Cc1ccccc1. The number of alkyl halides is 3. The largest absolute Gasteiger partial charge is 0.450 e. The van der Waals surface area contributed by atoms with Crippen molar-refractivity contribution >= 4 is 5.78 Å². The number of rotatable bonds is 3. The number of ketones is 1. The molecule has 1 aliphatic heterocycles. The van der Waals surface area contributed by atoms with Gasteiger partial charge in [0.25, 0.3) is 0 Å². The number of piperidine rings is 1. The molecule has 1 heterocycles. The van der Waals surface area contributed by atoms with Crippen molar-refractivity contribution in [3.8, 4) is 0 Å². The van der Waals surface area contributed by atoms with Crippen LogP contribution in [0.15, 0.2) is 30.3 Å². The first-order valence-corrected chi connectivity index (χ1v) is 7.11. The van der Waals surface area contributed by atoms with Crippen molar-refractivity contribution in [2.45, 2.75) is 37.9 Å². The topological polar surface area (TPSA) is 20.3 Å². The van der Waals surface area contributed by atoms with Crippen molar-refractivity contribution in [1.29, 1.82) is 0 Å². The van der Waals surface area contributed by atoms with Gasteiger partial charge in [-0.05, 0) is 45.3 Å². The summed E-state index contributed by atoms with van der Waals surface area (Å²) in [6.45, 7) is 2.48. The molecule has 2 unspecified atom stereocenters. The van der Waals surface area contributed by atoms with E-state index in [2.05, 4.69) is 0 Å². The average molecular weight is 299 g/mol. The smallest absolute Gasteiger partial charge is 0.300 e. The third kappa shape index (κ3) is 3.28. The van der Waals surface area contributed by atoms with Gasteiger partial charge in [-0.3, -0.25) is 9.69 Å². The molecule has 0 spiro atoms. The maximum atomic E-state index is 12.9. The monoisotopic (exact) mass is 299 g/mol. The first kappa shape index (κ1) is 16.0. The highest BCUT2D eigenvalue weighted by atomic mass is 19.4. The first-order valence-electron chi connectivity index (χ1n) is 7.11. The summed E-state index contributed by atoms with van der Waals surface area (Å²) in [5.74, 6) is -2.59. The fourth-order valence-electron chi connectivity index (χ4n) is 3.24. The van der Waals surface area contributed by atoms with Gasteiger partial charge < -0.3 is 0 Å². The fraction of sp³-hybridized carbons (Fsp3) is 0.562. The maximum Gasteiger partial charge on any atom is 0.450 e. The van der Waals surface area contributed by atoms with E-state index >= 15 is 0 Å². The summed E-state index contributed by atoms with van der Waals surface area (Å²) in [6, 6.07) is 9.38. The molecule has 1 aliphatic rings. The van der Waals surface area contributed by atoms with Crippen LogP contribution in [0.4, 0.5) is 13.2 Å². The number of likely N-dealkylation sites (N-methyl/N-ethyl adjacent to an activating group) is 1. The lowest BCUT2D eigenvalue weighted by Crippen LogP contribution is -2.59. The predicted molar refractivity (Wildman–Crippen MR) is 75.0 cm³/mol. The third-order valence-electron chi connectivity index (χ3n) is 4.61. The van der Waals surface area contributed by atoms with Gasteiger partial charge in [0, 0.05) is 11.5 Å². The summed E-state index contributed by atoms with van der Waals surface area (Å²) in [4.78, 5) is 13.7. The summed E-state index contributed by atoms with van der Waals surface area (Å²) >= 11 is 0. The molecular formula is C16H20F3NO. The zero-order chi connectivity index (χ0) is 15.7. The van der Waals surface area contributed by atoms with Crippen molar-refractivity contribution < 1.29 is 18.0 Å². The number of Topliss-reactive ketones (excluding diaryl/α,β-unsaturated/α-hetero) is 1. The Morgan fingerprint density at radius 3 is 2.52 bits per heavy atom. The van der Waals surface area contributed by atoms with Gasteiger partial charge in [0.1, 0.15) is 0 Å². The molecule has 0 saturated carbocycles. The third-order valence-corrected chi connectivity index (χ3v) is 4.61. The zero-order valence-electron chi connectivity index (χ0n) is 12.3. The highest BCUT2D eigenvalue weighted by Crippen LogP contribution is 2.39. The van der Waals surface area contributed by atoms with Crippen molar-refractivity contribution in [3.63, 3.8) is 0 Å². The lowest BCUT2D eigenvalue weighted by molar-refractivity contribution is -0.182. The van der Waals surface area contributed by atoms with E-state index in [-0.39, 0.29) is 0 Å². The van der Waals surface area contributed by atoms with Gasteiger partial charge in [0.05, 0.1) is 0 Å². The number of halogens is 3. The molecule has 0 radical (unpaired) electrons. The van der Waals surface area contributed by atoms with Crippen molar-refractivity contribution in [1.82, 2.24) is 4.90 Å². The van der Waals surface area contributed by atoms with Gasteiger partial charge in [-0.25, -0.2) is 0 Å². The van der Waals surface area contributed by atoms with Gasteiger partial charge in [-0.2, -0.15) is 13.2 Å². The number of hydrogen-bond acceptors (Lipinski definition) is 2. The van der Waals surface area contributed by atoms with Gasteiger partial charge >= 0.3 is 6.18 Å². The summed E-state index contributed by atoms with van der Waals surface area (Å²) in [5.41, 5.74) is 0.153. The molecule has 2 rings (SSSR count). The minimum absolute atomic E-state index is 0.298. The zero-order valence-corrected chi connectivity index (χ0v) is 12.3. The number of carbonyl (C=O) groups excluding carboxylic acids is 1. The molecule has 116 valence electrons. The number of likely N-dealkylation sites (tertiary alicyclic amines) is 1. The Balaban J connectivity index is 2.32. The maximum absolute atomic E-state index is 12.9. The average Bonchev–Trinajstić information content (AvgIpc) is 2.41. The summed E-state index contributed by atoms with van der Waals surface area (Å²) in [5, 5.41) is 0. The van der Waals surface area contributed by atoms with Gasteiger partial charge in [0.2, 0.25) is 5.78 Å². The van der Waals surface area contributed by atoms with Crippen LogP contribution >= 0.6 is 0 Å². The van der Waals surface area contributed by atoms with E-state index in [0.29, 0.717) is 25.8 Å². The van der Waals surface area contributed by atoms with Crippen molar-refractivity contribution in [3.05, 3.63) is 35.9 Å². The number of benzene rings is 1. The van der Waals surface area contributed by atoms with Crippen molar-refractivity contribution in [2.75, 3.05) is 13.6 Å². The molecule has 2 nitrogen and oxygen atoms in total. The molecule has 0 aliphatic carbocycles. The Labute approximate surface area is 122 Å². The second-order valence-electron chi connectivity index (χ2n) is 6.00. The van der Waals surface area contributed by atoms with Crippen LogP contribution in [-0.2, 0) is 11.2 Å². The Morgan fingerprint density at radius 2 is 1.95 bits per heavy atom. The lowest BCUT2D eigenvalue weighted by Gasteiger charge is -2.48. The Kier molecular flexibility index (Phi) is 4.42. The van der Waals surface area contributed by atoms with Crippen LogP contribution in [0.5, 0.6) is 0 Å². The van der Waals surface area contributed by atoms with Crippen LogP contribution in [0.25, 0.3) is 0 Å². The van der Waals surface area contributed by atoms with E-state index in [1.807, 2.05) is 35.2 Å². The molecule has 0 aromatic heterocycles. The standard InChI is InChI=1S/C16H20F3NO/c1-15(11-12-7-4-3-5-8-12)13(9-6-10-20(15)2)14(21)16(17,18)19/h3-5,7-8,13H,6,9-11H2,1-2H3. The molecule has 1 fully saturated rings. The van der Waals surface area contributed by atoms with Crippen LogP contribution in [0.3, 0.4) is 0 Å². The molecule has 0 amide bonds. The number of nitrogens with zero attached hydrogens (tertiary/aromatic N) is 1. The minimum atomic E-state index is -4.76. The molecule has 1 aromatic rings. The van der Waals surface area contributed by atoms with E-state index in [1.54, 1.807) is 14.0 Å². The van der Waals surface area contributed by atoms with E-state index in [9.17, 15) is 18.0 Å². The fourth-order valence-corrected chi connectivity index (χ4v) is 3.24. The molecule has 0 N–H and O–H groups in total. The van der Waals surface area contributed by atoms with E-state index < -0.39 is 23.4 Å². The Hall–Kier alpha value is -1.36. The molecule has 5 heteroatoms. The predicted octanol–water partition coefficient (Wildman–Crippen LogP) is 3.46. The molecule has 1 aromatic carbocycles. The molecule has 21 heavy (non-hydrogen) atoms.